The fourth-order valence-corrected chi connectivity index (χ4v) is 1.66. The van der Waals surface area contributed by atoms with Crippen molar-refractivity contribution >= 4 is 5.84 Å². The number of oxime groups is 1. The maximum atomic E-state index is 8.32. The molecule has 1 rings (SSSR count). The molecule has 4 nitrogen and oxygen atoms in total. The van der Waals surface area contributed by atoms with E-state index < -0.39 is 0 Å². The summed E-state index contributed by atoms with van der Waals surface area (Å²) in [5.74, 6) is 0.355. The van der Waals surface area contributed by atoms with Gasteiger partial charge in [0.25, 0.3) is 0 Å². The first-order chi connectivity index (χ1) is 5.83. The first-order valence-corrected chi connectivity index (χ1v) is 4.63. The number of hydrogen-bond acceptors (Lipinski definition) is 2. The van der Waals surface area contributed by atoms with E-state index in [2.05, 4.69) is 5.16 Å². The monoisotopic (exact) mass is 172 g/mol. The molecule has 1 heterocycles. The van der Waals surface area contributed by atoms with Gasteiger partial charge in [0, 0.05) is 0 Å². The molecule has 1 fully saturated rings. The van der Waals surface area contributed by atoms with Crippen LogP contribution in [0.2, 0.25) is 0 Å². The first kappa shape index (κ1) is 9.32. The summed E-state index contributed by atoms with van der Waals surface area (Å²) in [6, 6.07) is 0. The molecular formula is C8H18N3O+. The third-order valence-electron chi connectivity index (χ3n) is 2.42. The van der Waals surface area contributed by atoms with Crippen molar-refractivity contribution in [3.8, 4) is 0 Å². The summed E-state index contributed by atoms with van der Waals surface area (Å²) in [6.45, 7) is 3.51. The van der Waals surface area contributed by atoms with Crippen molar-refractivity contribution in [1.82, 2.24) is 0 Å². The van der Waals surface area contributed by atoms with Crippen LogP contribution in [0.5, 0.6) is 0 Å². The maximum absolute atomic E-state index is 8.32. The summed E-state index contributed by atoms with van der Waals surface area (Å²) in [4.78, 5) is 1.59. The van der Waals surface area contributed by atoms with Crippen molar-refractivity contribution in [3.63, 3.8) is 0 Å². The molecule has 1 saturated heterocycles. The van der Waals surface area contributed by atoms with E-state index in [9.17, 15) is 0 Å². The highest BCUT2D eigenvalue weighted by Gasteiger charge is 2.13. The largest absolute Gasteiger partial charge is 0.409 e. The van der Waals surface area contributed by atoms with Crippen molar-refractivity contribution in [3.05, 3.63) is 0 Å². The van der Waals surface area contributed by atoms with E-state index in [1.807, 2.05) is 0 Å². The Hall–Kier alpha value is -0.770. The number of rotatable bonds is 3. The van der Waals surface area contributed by atoms with Crippen molar-refractivity contribution in [2.45, 2.75) is 25.7 Å². The van der Waals surface area contributed by atoms with Crippen LogP contribution >= 0.6 is 0 Å². The standard InChI is InChI=1S/C8H17N3O/c9-8(10-12)4-7-11-5-2-1-3-6-11/h12H,1-7H2,(H2,9,10)/p+1. The second-order valence-electron chi connectivity index (χ2n) is 3.40. The van der Waals surface area contributed by atoms with Gasteiger partial charge < -0.3 is 15.8 Å². The Bertz CT molecular complexity index is 152. The van der Waals surface area contributed by atoms with E-state index in [1.54, 1.807) is 4.90 Å². The lowest BCUT2D eigenvalue weighted by Crippen LogP contribution is -3.12. The summed E-state index contributed by atoms with van der Waals surface area (Å²) in [5, 5.41) is 11.3. The second kappa shape index (κ2) is 4.98. The number of likely N-dealkylation sites (tertiary alicyclic amines) is 1. The average Bonchev–Trinajstić information content (AvgIpc) is 2.16. The Morgan fingerprint density at radius 1 is 1.33 bits per heavy atom. The zero-order valence-corrected chi connectivity index (χ0v) is 7.42. The smallest absolute Gasteiger partial charge is 0.144 e. The number of amidine groups is 1. The summed E-state index contributed by atoms with van der Waals surface area (Å²) < 4.78 is 0. The van der Waals surface area contributed by atoms with Crippen LogP contribution in [0.4, 0.5) is 0 Å². The number of nitrogens with one attached hydrogen (secondary N) is 1. The van der Waals surface area contributed by atoms with Crippen molar-refractivity contribution in [1.29, 1.82) is 0 Å². The van der Waals surface area contributed by atoms with E-state index >= 15 is 0 Å². The number of nitrogens with two attached hydrogens (primary N) is 1. The quantitative estimate of drug-likeness (QED) is 0.226. The molecule has 1 aliphatic rings. The molecule has 0 bridgehead atoms. The Morgan fingerprint density at radius 2 is 2.00 bits per heavy atom. The van der Waals surface area contributed by atoms with E-state index in [1.165, 1.54) is 32.4 Å². The molecule has 0 saturated carbocycles. The number of nitrogens with zero attached hydrogens (tertiary/aromatic N) is 1. The van der Waals surface area contributed by atoms with Crippen LogP contribution in [0.1, 0.15) is 25.7 Å². The van der Waals surface area contributed by atoms with Crippen molar-refractivity contribution in [2.24, 2.45) is 10.9 Å². The summed E-state index contributed by atoms with van der Waals surface area (Å²) in [6.07, 6.45) is 4.73. The molecule has 0 aromatic heterocycles. The fourth-order valence-electron chi connectivity index (χ4n) is 1.66. The lowest BCUT2D eigenvalue weighted by molar-refractivity contribution is -0.904. The first-order valence-electron chi connectivity index (χ1n) is 4.63. The van der Waals surface area contributed by atoms with Gasteiger partial charge >= 0.3 is 0 Å². The lowest BCUT2D eigenvalue weighted by atomic mass is 10.1. The molecule has 0 spiro atoms. The van der Waals surface area contributed by atoms with Gasteiger partial charge in [-0.2, -0.15) is 0 Å². The Balaban J connectivity index is 2.13. The van der Waals surface area contributed by atoms with Gasteiger partial charge in [-0.25, -0.2) is 0 Å². The molecule has 0 amide bonds. The van der Waals surface area contributed by atoms with E-state index in [0.29, 0.717) is 12.3 Å². The third-order valence-corrected chi connectivity index (χ3v) is 2.42. The van der Waals surface area contributed by atoms with Gasteiger partial charge in [0.15, 0.2) is 0 Å². The minimum absolute atomic E-state index is 0.355. The fraction of sp³-hybridized carbons (Fsp3) is 0.875. The second-order valence-corrected chi connectivity index (χ2v) is 3.40. The minimum Gasteiger partial charge on any atom is -0.409 e. The van der Waals surface area contributed by atoms with E-state index in [4.69, 9.17) is 10.9 Å². The molecule has 0 aromatic carbocycles. The molecule has 0 aliphatic carbocycles. The van der Waals surface area contributed by atoms with Crippen LogP contribution in [-0.2, 0) is 0 Å². The van der Waals surface area contributed by atoms with Gasteiger partial charge in [-0.3, -0.25) is 0 Å². The predicted octanol–water partition coefficient (Wildman–Crippen LogP) is -0.808. The predicted molar refractivity (Wildman–Crippen MR) is 47.4 cm³/mol. The zero-order chi connectivity index (χ0) is 8.81. The summed E-state index contributed by atoms with van der Waals surface area (Å²) >= 11 is 0. The van der Waals surface area contributed by atoms with Crippen LogP contribution in [0.25, 0.3) is 0 Å². The number of quaternary nitrogens is 1. The summed E-state index contributed by atoms with van der Waals surface area (Å²) in [7, 11) is 0. The molecule has 4 N–H and O–H groups in total. The van der Waals surface area contributed by atoms with Crippen molar-refractivity contribution < 1.29 is 10.1 Å². The zero-order valence-electron chi connectivity index (χ0n) is 7.42. The number of piperidine rings is 1. The van der Waals surface area contributed by atoms with Gasteiger partial charge in [0.1, 0.15) is 5.84 Å². The Kier molecular flexibility index (Phi) is 3.87. The Morgan fingerprint density at radius 3 is 2.58 bits per heavy atom. The molecule has 4 heteroatoms. The van der Waals surface area contributed by atoms with Gasteiger partial charge in [0.05, 0.1) is 26.1 Å². The topological polar surface area (TPSA) is 63.0 Å². The highest BCUT2D eigenvalue weighted by Crippen LogP contribution is 1.94. The molecule has 0 unspecified atom stereocenters. The molecule has 70 valence electrons. The molecule has 1 aliphatic heterocycles. The van der Waals surface area contributed by atoms with Crippen LogP contribution in [0.15, 0.2) is 5.16 Å². The molecule has 12 heavy (non-hydrogen) atoms. The lowest BCUT2D eigenvalue weighted by Gasteiger charge is -2.22. The van der Waals surface area contributed by atoms with Crippen LogP contribution in [0.3, 0.4) is 0 Å². The van der Waals surface area contributed by atoms with Crippen LogP contribution < -0.4 is 10.6 Å². The Labute approximate surface area is 73.0 Å². The van der Waals surface area contributed by atoms with Crippen LogP contribution in [0, 0.1) is 0 Å². The van der Waals surface area contributed by atoms with Crippen LogP contribution in [-0.4, -0.2) is 30.7 Å². The molecular weight excluding hydrogens is 154 g/mol. The van der Waals surface area contributed by atoms with E-state index in [0.717, 1.165) is 6.54 Å². The SMILES string of the molecule is N/C(CC[NH+]1CCCCC1)=N\O. The highest BCUT2D eigenvalue weighted by molar-refractivity contribution is 5.79. The normalized spacial score (nSPS) is 21.2. The molecule has 0 atom stereocenters. The minimum atomic E-state index is 0.355. The molecule has 0 radical (unpaired) electrons. The van der Waals surface area contributed by atoms with Gasteiger partial charge in [-0.05, 0) is 19.3 Å². The van der Waals surface area contributed by atoms with Crippen molar-refractivity contribution in [2.75, 3.05) is 19.6 Å². The highest BCUT2D eigenvalue weighted by atomic mass is 16.4. The third kappa shape index (κ3) is 3.09. The van der Waals surface area contributed by atoms with E-state index in [-0.39, 0.29) is 0 Å². The number of hydrogen-bond donors (Lipinski definition) is 3. The maximum Gasteiger partial charge on any atom is 0.144 e. The average molecular weight is 172 g/mol. The van der Waals surface area contributed by atoms with Gasteiger partial charge in [0.2, 0.25) is 0 Å². The van der Waals surface area contributed by atoms with Gasteiger partial charge in [-0.1, -0.05) is 5.16 Å². The molecule has 0 aromatic rings. The van der Waals surface area contributed by atoms with Gasteiger partial charge in [-0.15, -0.1) is 0 Å². The summed E-state index contributed by atoms with van der Waals surface area (Å²) in [5.41, 5.74) is 5.38.